The van der Waals surface area contributed by atoms with Gasteiger partial charge in [0.2, 0.25) is 0 Å². The quantitative estimate of drug-likeness (QED) is 0.575. The van der Waals surface area contributed by atoms with Crippen molar-refractivity contribution in [3.63, 3.8) is 0 Å². The molecule has 0 atom stereocenters. The Morgan fingerprint density at radius 1 is 1.46 bits per heavy atom. The van der Waals surface area contributed by atoms with Crippen LogP contribution in [0.4, 0.5) is 0 Å². The van der Waals surface area contributed by atoms with E-state index in [-0.39, 0.29) is 12.4 Å². The summed E-state index contributed by atoms with van der Waals surface area (Å²) in [6.45, 7) is 6.63. The highest BCUT2D eigenvalue weighted by molar-refractivity contribution is 5.85. The summed E-state index contributed by atoms with van der Waals surface area (Å²) < 4.78 is 0. The molecule has 0 amide bonds. The molecule has 3 N–H and O–H groups in total. The summed E-state index contributed by atoms with van der Waals surface area (Å²) in [6, 6.07) is 8.14. The average molecular weight is 199 g/mol. The maximum Gasteiger partial charge on any atom is 0.0348 e. The third-order valence-electron chi connectivity index (χ3n) is 1.84. The number of hydrazine groups is 1. The Kier molecular flexibility index (Phi) is 5.39. The SMILES string of the molecule is C=C(CNN)c1ccccc1C.Cl. The summed E-state index contributed by atoms with van der Waals surface area (Å²) in [6.07, 6.45) is 0. The van der Waals surface area contributed by atoms with Crippen LogP contribution in [0.2, 0.25) is 0 Å². The topological polar surface area (TPSA) is 38.0 Å². The molecule has 1 aromatic rings. The largest absolute Gasteiger partial charge is 0.271 e. The van der Waals surface area contributed by atoms with E-state index in [1.807, 2.05) is 12.1 Å². The fraction of sp³-hybridized carbons (Fsp3) is 0.200. The zero-order valence-electron chi connectivity index (χ0n) is 7.71. The van der Waals surface area contributed by atoms with Crippen LogP contribution in [0, 0.1) is 6.92 Å². The first-order valence-electron chi connectivity index (χ1n) is 3.93. The minimum Gasteiger partial charge on any atom is -0.271 e. The molecule has 0 aliphatic rings. The molecule has 0 spiro atoms. The second-order valence-electron chi connectivity index (χ2n) is 2.80. The monoisotopic (exact) mass is 198 g/mol. The Bertz CT molecular complexity index is 284. The molecule has 2 nitrogen and oxygen atoms in total. The summed E-state index contributed by atoms with van der Waals surface area (Å²) >= 11 is 0. The van der Waals surface area contributed by atoms with Crippen molar-refractivity contribution in [1.29, 1.82) is 0 Å². The molecule has 0 heterocycles. The van der Waals surface area contributed by atoms with E-state index in [2.05, 4.69) is 31.1 Å². The van der Waals surface area contributed by atoms with Gasteiger partial charge in [-0.25, -0.2) is 0 Å². The number of hydrogen-bond donors (Lipinski definition) is 2. The average Bonchev–Trinajstić information content (AvgIpc) is 2.05. The lowest BCUT2D eigenvalue weighted by Gasteiger charge is -2.07. The van der Waals surface area contributed by atoms with Crippen molar-refractivity contribution in [3.05, 3.63) is 42.0 Å². The van der Waals surface area contributed by atoms with E-state index in [1.54, 1.807) is 0 Å². The number of halogens is 1. The van der Waals surface area contributed by atoms with E-state index in [9.17, 15) is 0 Å². The van der Waals surface area contributed by atoms with Crippen molar-refractivity contribution < 1.29 is 0 Å². The molecule has 0 saturated carbocycles. The molecule has 1 rings (SSSR count). The fourth-order valence-electron chi connectivity index (χ4n) is 1.19. The summed E-state index contributed by atoms with van der Waals surface area (Å²) in [5, 5.41) is 0. The number of rotatable bonds is 3. The van der Waals surface area contributed by atoms with E-state index in [0.717, 1.165) is 5.57 Å². The highest BCUT2D eigenvalue weighted by Gasteiger charge is 1.99. The molecule has 0 radical (unpaired) electrons. The van der Waals surface area contributed by atoms with Gasteiger partial charge in [0.05, 0.1) is 0 Å². The lowest BCUT2D eigenvalue weighted by Crippen LogP contribution is -2.23. The summed E-state index contributed by atoms with van der Waals surface area (Å²) in [4.78, 5) is 0. The molecular formula is C10H15ClN2. The molecule has 0 bridgehead atoms. The third-order valence-corrected chi connectivity index (χ3v) is 1.84. The number of aryl methyl sites for hydroxylation is 1. The maximum absolute atomic E-state index is 5.21. The van der Waals surface area contributed by atoms with Crippen molar-refractivity contribution in [2.45, 2.75) is 6.92 Å². The van der Waals surface area contributed by atoms with Crippen molar-refractivity contribution in [3.8, 4) is 0 Å². The number of nitrogens with one attached hydrogen (secondary N) is 1. The van der Waals surface area contributed by atoms with E-state index in [1.165, 1.54) is 11.1 Å². The van der Waals surface area contributed by atoms with Crippen LogP contribution < -0.4 is 11.3 Å². The zero-order chi connectivity index (χ0) is 8.97. The predicted octanol–water partition coefficient (Wildman–Crippen LogP) is 1.89. The van der Waals surface area contributed by atoms with E-state index >= 15 is 0 Å². The maximum atomic E-state index is 5.21. The van der Waals surface area contributed by atoms with Crippen LogP contribution in [0.1, 0.15) is 11.1 Å². The van der Waals surface area contributed by atoms with Crippen molar-refractivity contribution in [2.24, 2.45) is 5.84 Å². The summed E-state index contributed by atoms with van der Waals surface area (Å²) in [7, 11) is 0. The normalized spacial score (nSPS) is 9.08. The Labute approximate surface area is 85.2 Å². The highest BCUT2D eigenvalue weighted by Crippen LogP contribution is 2.15. The number of nitrogens with two attached hydrogens (primary N) is 1. The molecule has 0 unspecified atom stereocenters. The van der Waals surface area contributed by atoms with Crippen LogP contribution in [0.5, 0.6) is 0 Å². The van der Waals surface area contributed by atoms with Gasteiger partial charge in [-0.05, 0) is 23.6 Å². The van der Waals surface area contributed by atoms with Gasteiger partial charge in [0, 0.05) is 6.54 Å². The van der Waals surface area contributed by atoms with Crippen LogP contribution in [0.25, 0.3) is 5.57 Å². The Morgan fingerprint density at radius 2 is 2.08 bits per heavy atom. The van der Waals surface area contributed by atoms with Gasteiger partial charge in [-0.15, -0.1) is 12.4 Å². The summed E-state index contributed by atoms with van der Waals surface area (Å²) in [5.74, 6) is 5.21. The molecule has 0 fully saturated rings. The van der Waals surface area contributed by atoms with E-state index in [4.69, 9.17) is 5.84 Å². The first-order chi connectivity index (χ1) is 5.75. The molecule has 13 heavy (non-hydrogen) atoms. The van der Waals surface area contributed by atoms with E-state index in [0.29, 0.717) is 6.54 Å². The number of hydrogen-bond acceptors (Lipinski definition) is 2. The van der Waals surface area contributed by atoms with Gasteiger partial charge in [0.1, 0.15) is 0 Å². The van der Waals surface area contributed by atoms with Crippen LogP contribution in [-0.2, 0) is 0 Å². The van der Waals surface area contributed by atoms with Crippen molar-refractivity contribution in [2.75, 3.05) is 6.54 Å². The highest BCUT2D eigenvalue weighted by atomic mass is 35.5. The van der Waals surface area contributed by atoms with Crippen molar-refractivity contribution >= 4 is 18.0 Å². The molecule has 72 valence electrons. The van der Waals surface area contributed by atoms with Gasteiger partial charge in [-0.2, -0.15) is 0 Å². The van der Waals surface area contributed by atoms with Crippen LogP contribution >= 0.6 is 12.4 Å². The van der Waals surface area contributed by atoms with Crippen molar-refractivity contribution in [1.82, 2.24) is 5.43 Å². The standard InChI is InChI=1S/C10H14N2.ClH/c1-8-5-3-4-6-10(8)9(2)7-12-11;/h3-6,12H,2,7,11H2,1H3;1H. The molecule has 0 aliphatic heterocycles. The second-order valence-corrected chi connectivity index (χ2v) is 2.80. The molecule has 0 aliphatic carbocycles. The molecule has 1 aromatic carbocycles. The zero-order valence-corrected chi connectivity index (χ0v) is 8.53. The van der Waals surface area contributed by atoms with Gasteiger partial charge >= 0.3 is 0 Å². The van der Waals surface area contributed by atoms with Gasteiger partial charge in [0.25, 0.3) is 0 Å². The minimum atomic E-state index is 0. The van der Waals surface area contributed by atoms with Gasteiger partial charge < -0.3 is 0 Å². The number of benzene rings is 1. The Balaban J connectivity index is 0.00000144. The van der Waals surface area contributed by atoms with Crippen LogP contribution in [0.3, 0.4) is 0 Å². The van der Waals surface area contributed by atoms with Gasteiger partial charge in [0.15, 0.2) is 0 Å². The molecule has 0 saturated heterocycles. The third kappa shape index (κ3) is 3.19. The first-order valence-corrected chi connectivity index (χ1v) is 3.93. The molecular weight excluding hydrogens is 184 g/mol. The smallest absolute Gasteiger partial charge is 0.0348 e. The second kappa shape index (κ2) is 5.75. The van der Waals surface area contributed by atoms with E-state index < -0.39 is 0 Å². The lowest BCUT2D eigenvalue weighted by molar-refractivity contribution is 0.833. The lowest BCUT2D eigenvalue weighted by atomic mass is 10.0. The van der Waals surface area contributed by atoms with Gasteiger partial charge in [-0.3, -0.25) is 11.3 Å². The van der Waals surface area contributed by atoms with Crippen LogP contribution in [0.15, 0.2) is 30.8 Å². The molecule has 3 heteroatoms. The first kappa shape index (κ1) is 12.2. The predicted molar refractivity (Wildman–Crippen MR) is 59.7 cm³/mol. The summed E-state index contributed by atoms with van der Waals surface area (Å²) in [5.41, 5.74) is 6.03. The molecule has 0 aromatic heterocycles. The van der Waals surface area contributed by atoms with Crippen LogP contribution in [-0.4, -0.2) is 6.54 Å². The Hall–Kier alpha value is -0.830. The fourth-order valence-corrected chi connectivity index (χ4v) is 1.19. The minimum absolute atomic E-state index is 0. The van der Waals surface area contributed by atoms with Gasteiger partial charge in [-0.1, -0.05) is 30.8 Å². The Morgan fingerprint density at radius 3 is 2.62 bits per heavy atom.